The Morgan fingerprint density at radius 1 is 1.56 bits per heavy atom. The Labute approximate surface area is 98.3 Å². The molecule has 0 unspecified atom stereocenters. The second kappa shape index (κ2) is 6.16. The van der Waals surface area contributed by atoms with Crippen molar-refractivity contribution in [3.8, 4) is 5.75 Å². The van der Waals surface area contributed by atoms with Crippen LogP contribution in [0.1, 0.15) is 13.8 Å². The topological polar surface area (TPSA) is 89.3 Å². The first-order valence-corrected chi connectivity index (χ1v) is 5.78. The van der Waals surface area contributed by atoms with E-state index >= 15 is 0 Å². The van der Waals surface area contributed by atoms with Gasteiger partial charge in [-0.1, -0.05) is 0 Å². The number of amides is 1. The van der Waals surface area contributed by atoms with E-state index in [4.69, 9.17) is 10.5 Å². The summed E-state index contributed by atoms with van der Waals surface area (Å²) in [6.07, 6.45) is 0. The van der Waals surface area contributed by atoms with Crippen LogP contribution in [-0.4, -0.2) is 30.0 Å². The first kappa shape index (κ1) is 12.6. The predicted molar refractivity (Wildman–Crippen MR) is 64.9 cm³/mol. The maximum absolute atomic E-state index is 10.6. The molecule has 1 rings (SSSR count). The van der Waals surface area contributed by atoms with Crippen molar-refractivity contribution in [2.24, 2.45) is 0 Å². The van der Waals surface area contributed by atoms with E-state index in [1.54, 1.807) is 0 Å². The Hall–Kier alpha value is -1.50. The number of nitrogen functional groups attached to an aromatic ring is 1. The van der Waals surface area contributed by atoms with Crippen molar-refractivity contribution >= 4 is 28.3 Å². The number of ether oxygens (including phenoxy) is 1. The van der Waals surface area contributed by atoms with Gasteiger partial charge in [0.15, 0.2) is 16.6 Å². The quantitative estimate of drug-likeness (QED) is 0.640. The zero-order valence-electron chi connectivity index (χ0n) is 9.37. The van der Waals surface area contributed by atoms with Gasteiger partial charge >= 0.3 is 0 Å². The molecule has 16 heavy (non-hydrogen) atoms. The molecule has 0 aliphatic carbocycles. The Kier molecular flexibility index (Phi) is 4.84. The van der Waals surface area contributed by atoms with Crippen molar-refractivity contribution in [3.05, 3.63) is 0 Å². The van der Waals surface area contributed by atoms with Crippen LogP contribution in [-0.2, 0) is 4.79 Å². The highest BCUT2D eigenvalue weighted by molar-refractivity contribution is 7.11. The van der Waals surface area contributed by atoms with Gasteiger partial charge in [0, 0.05) is 20.0 Å². The van der Waals surface area contributed by atoms with Gasteiger partial charge in [0.1, 0.15) is 0 Å². The summed E-state index contributed by atoms with van der Waals surface area (Å²) < 4.78 is 9.35. The van der Waals surface area contributed by atoms with Crippen molar-refractivity contribution in [3.63, 3.8) is 0 Å². The van der Waals surface area contributed by atoms with Crippen LogP contribution in [0, 0.1) is 0 Å². The van der Waals surface area contributed by atoms with Crippen molar-refractivity contribution in [1.82, 2.24) is 9.69 Å². The maximum atomic E-state index is 10.6. The van der Waals surface area contributed by atoms with E-state index in [0.717, 1.165) is 5.00 Å². The SMILES string of the molecule is CCOc1c(N)nsc1NCCNC(C)=O. The highest BCUT2D eigenvalue weighted by atomic mass is 32.1. The predicted octanol–water partition coefficient (Wildman–Crippen LogP) is 0.672. The Morgan fingerprint density at radius 2 is 2.31 bits per heavy atom. The molecule has 0 spiro atoms. The lowest BCUT2D eigenvalue weighted by Gasteiger charge is -2.07. The number of nitrogens with zero attached hydrogens (tertiary/aromatic N) is 1. The first-order chi connectivity index (χ1) is 7.65. The van der Waals surface area contributed by atoms with E-state index in [0.29, 0.717) is 31.3 Å². The van der Waals surface area contributed by atoms with Crippen molar-refractivity contribution in [2.75, 3.05) is 30.7 Å². The fourth-order valence-electron chi connectivity index (χ4n) is 1.10. The average Bonchev–Trinajstić information content (AvgIpc) is 2.56. The number of hydrogen-bond acceptors (Lipinski definition) is 6. The van der Waals surface area contributed by atoms with Gasteiger partial charge < -0.3 is 21.1 Å². The monoisotopic (exact) mass is 244 g/mol. The smallest absolute Gasteiger partial charge is 0.216 e. The van der Waals surface area contributed by atoms with Gasteiger partial charge in [-0.2, -0.15) is 4.37 Å². The van der Waals surface area contributed by atoms with E-state index < -0.39 is 0 Å². The van der Waals surface area contributed by atoms with E-state index in [2.05, 4.69) is 15.0 Å². The zero-order chi connectivity index (χ0) is 12.0. The van der Waals surface area contributed by atoms with E-state index in [-0.39, 0.29) is 5.91 Å². The van der Waals surface area contributed by atoms with E-state index in [1.165, 1.54) is 18.5 Å². The van der Waals surface area contributed by atoms with Gasteiger partial charge in [-0.25, -0.2) is 0 Å². The summed E-state index contributed by atoms with van der Waals surface area (Å²) in [5.74, 6) is 0.944. The van der Waals surface area contributed by atoms with Crippen molar-refractivity contribution < 1.29 is 9.53 Å². The summed E-state index contributed by atoms with van der Waals surface area (Å²) in [5, 5.41) is 6.59. The van der Waals surface area contributed by atoms with Crippen LogP contribution in [0.2, 0.25) is 0 Å². The zero-order valence-corrected chi connectivity index (χ0v) is 10.2. The molecule has 0 saturated carbocycles. The van der Waals surface area contributed by atoms with Crippen LogP contribution in [0.25, 0.3) is 0 Å². The molecular weight excluding hydrogens is 228 g/mol. The summed E-state index contributed by atoms with van der Waals surface area (Å²) in [5.41, 5.74) is 5.64. The molecule has 0 fully saturated rings. The molecule has 0 aliphatic heterocycles. The van der Waals surface area contributed by atoms with E-state index in [9.17, 15) is 4.79 Å². The minimum atomic E-state index is -0.0457. The average molecular weight is 244 g/mol. The molecule has 0 saturated heterocycles. The molecule has 4 N–H and O–H groups in total. The van der Waals surface area contributed by atoms with Crippen LogP contribution in [0.3, 0.4) is 0 Å². The molecule has 1 aromatic heterocycles. The number of carbonyl (C=O) groups is 1. The summed E-state index contributed by atoms with van der Waals surface area (Å²) in [6, 6.07) is 0. The summed E-state index contributed by atoms with van der Waals surface area (Å²) in [4.78, 5) is 10.6. The molecule has 1 aromatic rings. The lowest BCUT2D eigenvalue weighted by Crippen LogP contribution is -2.26. The molecular formula is C9H16N4O2S. The normalized spacial score (nSPS) is 9.88. The van der Waals surface area contributed by atoms with Gasteiger partial charge in [0.05, 0.1) is 6.61 Å². The number of anilines is 2. The number of nitrogens with one attached hydrogen (secondary N) is 2. The van der Waals surface area contributed by atoms with Gasteiger partial charge in [0.25, 0.3) is 0 Å². The van der Waals surface area contributed by atoms with E-state index in [1.807, 2.05) is 6.92 Å². The summed E-state index contributed by atoms with van der Waals surface area (Å²) in [6.45, 7) is 5.08. The van der Waals surface area contributed by atoms with Crippen LogP contribution in [0.15, 0.2) is 0 Å². The molecule has 0 bridgehead atoms. The fraction of sp³-hybridized carbons (Fsp3) is 0.556. The number of aromatic nitrogens is 1. The molecule has 0 radical (unpaired) electrons. The van der Waals surface area contributed by atoms with Crippen LogP contribution in [0.4, 0.5) is 10.8 Å². The lowest BCUT2D eigenvalue weighted by molar-refractivity contribution is -0.118. The Morgan fingerprint density at radius 3 is 2.94 bits per heavy atom. The number of nitrogens with two attached hydrogens (primary N) is 1. The second-order valence-corrected chi connectivity index (χ2v) is 3.84. The van der Waals surface area contributed by atoms with Gasteiger partial charge in [-0.3, -0.25) is 4.79 Å². The molecule has 0 atom stereocenters. The highest BCUT2D eigenvalue weighted by Crippen LogP contribution is 2.34. The van der Waals surface area contributed by atoms with Crippen LogP contribution >= 0.6 is 11.5 Å². The van der Waals surface area contributed by atoms with Crippen molar-refractivity contribution in [2.45, 2.75) is 13.8 Å². The largest absolute Gasteiger partial charge is 0.487 e. The maximum Gasteiger partial charge on any atom is 0.216 e. The molecule has 1 amide bonds. The van der Waals surface area contributed by atoms with Crippen molar-refractivity contribution in [1.29, 1.82) is 0 Å². The molecule has 6 nitrogen and oxygen atoms in total. The minimum absolute atomic E-state index is 0.0457. The highest BCUT2D eigenvalue weighted by Gasteiger charge is 2.11. The van der Waals surface area contributed by atoms with Gasteiger partial charge in [0.2, 0.25) is 5.91 Å². The first-order valence-electron chi connectivity index (χ1n) is 5.01. The second-order valence-electron chi connectivity index (χ2n) is 3.07. The molecule has 7 heteroatoms. The molecule has 90 valence electrons. The van der Waals surface area contributed by atoms with Gasteiger partial charge in [-0.05, 0) is 18.5 Å². The molecule has 1 heterocycles. The van der Waals surface area contributed by atoms with Crippen LogP contribution in [0.5, 0.6) is 5.75 Å². The van der Waals surface area contributed by atoms with Crippen LogP contribution < -0.4 is 21.1 Å². The number of carbonyl (C=O) groups excluding carboxylic acids is 1. The van der Waals surface area contributed by atoms with Gasteiger partial charge in [-0.15, -0.1) is 0 Å². The third-order valence-electron chi connectivity index (χ3n) is 1.75. The Bertz CT molecular complexity index is 353. The number of rotatable bonds is 6. The minimum Gasteiger partial charge on any atom is -0.487 e. The third-order valence-corrected chi connectivity index (χ3v) is 2.55. The molecule has 0 aromatic carbocycles. The number of hydrogen-bond donors (Lipinski definition) is 3. The third kappa shape index (κ3) is 3.58. The standard InChI is InChI=1S/C9H16N4O2S/c1-3-15-7-8(10)13-16-9(7)12-5-4-11-6(2)14/h12H,3-5H2,1-2H3,(H2,10,13)(H,11,14). The summed E-state index contributed by atoms with van der Waals surface area (Å²) >= 11 is 1.25. The molecule has 0 aliphatic rings. The summed E-state index contributed by atoms with van der Waals surface area (Å²) in [7, 11) is 0. The fourth-order valence-corrected chi connectivity index (χ4v) is 1.79. The Balaban J connectivity index is 2.43. The lowest BCUT2D eigenvalue weighted by atomic mass is 10.5.